The van der Waals surface area contributed by atoms with Gasteiger partial charge in [-0.25, -0.2) is 4.68 Å². The highest BCUT2D eigenvalue weighted by atomic mass is 16.3. The van der Waals surface area contributed by atoms with Crippen molar-refractivity contribution in [2.24, 2.45) is 5.92 Å². The van der Waals surface area contributed by atoms with Crippen molar-refractivity contribution < 1.29 is 4.42 Å². The zero-order valence-corrected chi connectivity index (χ0v) is 21.7. The minimum absolute atomic E-state index is 0.0652. The van der Waals surface area contributed by atoms with Crippen LogP contribution in [0.5, 0.6) is 0 Å². The molecule has 1 aliphatic rings. The number of nitrogens with zero attached hydrogens (tertiary/aromatic N) is 5. The Morgan fingerprint density at radius 2 is 1.89 bits per heavy atom. The number of benzene rings is 1. The van der Waals surface area contributed by atoms with Gasteiger partial charge in [-0.05, 0) is 89.9 Å². The molecule has 1 atom stereocenters. The van der Waals surface area contributed by atoms with Crippen LogP contribution in [0.3, 0.4) is 0 Å². The summed E-state index contributed by atoms with van der Waals surface area (Å²) in [5, 5.41) is 14.1. The molecule has 0 bridgehead atoms. The van der Waals surface area contributed by atoms with Crippen LogP contribution in [0.2, 0.25) is 0 Å². The van der Waals surface area contributed by atoms with E-state index in [1.54, 1.807) is 6.26 Å². The average Bonchev–Trinajstić information content (AvgIpc) is 3.54. The molecule has 0 spiro atoms. The third-order valence-corrected chi connectivity index (χ3v) is 7.58. The van der Waals surface area contributed by atoms with Gasteiger partial charge in [-0.15, -0.1) is 5.10 Å². The Balaban J connectivity index is 1.55. The number of rotatable bonds is 8. The van der Waals surface area contributed by atoms with Gasteiger partial charge in [-0.2, -0.15) is 0 Å². The van der Waals surface area contributed by atoms with Gasteiger partial charge in [0.1, 0.15) is 5.76 Å². The van der Waals surface area contributed by atoms with Crippen molar-refractivity contribution in [2.45, 2.75) is 85.0 Å². The van der Waals surface area contributed by atoms with E-state index in [4.69, 9.17) is 4.42 Å². The highest BCUT2D eigenvalue weighted by Gasteiger charge is 2.32. The number of hydrogen-bond acceptors (Lipinski definition) is 6. The van der Waals surface area contributed by atoms with Crippen LogP contribution in [0.1, 0.15) is 86.3 Å². The molecular formula is C28H36N6O2. The average molecular weight is 489 g/mol. The van der Waals surface area contributed by atoms with E-state index in [-0.39, 0.29) is 17.5 Å². The van der Waals surface area contributed by atoms with Crippen molar-refractivity contribution in [1.29, 1.82) is 0 Å². The molecule has 1 aromatic carbocycles. The zero-order chi connectivity index (χ0) is 25.2. The smallest absolute Gasteiger partial charge is 0.252 e. The van der Waals surface area contributed by atoms with Gasteiger partial charge in [0.2, 0.25) is 0 Å². The maximum atomic E-state index is 13.2. The van der Waals surface area contributed by atoms with Gasteiger partial charge < -0.3 is 9.40 Å². The van der Waals surface area contributed by atoms with Crippen molar-refractivity contribution in [3.05, 3.63) is 75.2 Å². The molecule has 1 fully saturated rings. The fourth-order valence-electron chi connectivity index (χ4n) is 5.58. The van der Waals surface area contributed by atoms with E-state index in [0.717, 1.165) is 40.9 Å². The number of nitrogens with one attached hydrogen (secondary N) is 1. The lowest BCUT2D eigenvalue weighted by molar-refractivity contribution is 0.112. The Morgan fingerprint density at radius 3 is 2.61 bits per heavy atom. The Hall–Kier alpha value is -3.26. The minimum Gasteiger partial charge on any atom is -0.468 e. The van der Waals surface area contributed by atoms with E-state index in [0.29, 0.717) is 19.1 Å². The quantitative estimate of drug-likeness (QED) is 0.346. The lowest BCUT2D eigenvalue weighted by Crippen LogP contribution is -2.36. The zero-order valence-electron chi connectivity index (χ0n) is 21.7. The van der Waals surface area contributed by atoms with Crippen LogP contribution in [0.15, 0.2) is 45.8 Å². The molecule has 1 N–H and O–H groups in total. The summed E-state index contributed by atoms with van der Waals surface area (Å²) in [6, 6.07) is 10.3. The lowest BCUT2D eigenvalue weighted by atomic mass is 9.94. The number of aromatic nitrogens is 5. The van der Waals surface area contributed by atoms with Crippen LogP contribution < -0.4 is 5.56 Å². The van der Waals surface area contributed by atoms with E-state index >= 15 is 0 Å². The number of H-pyrrole nitrogens is 1. The second-order valence-corrected chi connectivity index (χ2v) is 10.6. The Bertz CT molecular complexity index is 1360. The van der Waals surface area contributed by atoms with Gasteiger partial charge in [-0.3, -0.25) is 9.69 Å². The van der Waals surface area contributed by atoms with Crippen molar-refractivity contribution in [3.8, 4) is 0 Å². The van der Waals surface area contributed by atoms with Crippen LogP contribution in [-0.2, 0) is 13.1 Å². The molecule has 0 saturated heterocycles. The summed E-state index contributed by atoms with van der Waals surface area (Å²) in [4.78, 5) is 18.6. The van der Waals surface area contributed by atoms with Gasteiger partial charge >= 0.3 is 0 Å². The highest BCUT2D eigenvalue weighted by Crippen LogP contribution is 2.34. The molecule has 0 amide bonds. The Labute approximate surface area is 211 Å². The molecule has 3 aromatic heterocycles. The molecule has 0 unspecified atom stereocenters. The first-order chi connectivity index (χ1) is 17.4. The molecule has 0 radical (unpaired) electrons. The number of hydrogen-bond donors (Lipinski definition) is 1. The lowest BCUT2D eigenvalue weighted by Gasteiger charge is -2.34. The van der Waals surface area contributed by atoms with Crippen LogP contribution in [0.4, 0.5) is 0 Å². The normalized spacial score (nSPS) is 15.8. The summed E-state index contributed by atoms with van der Waals surface area (Å²) in [5.41, 5.74) is 3.90. The first-order valence-electron chi connectivity index (χ1n) is 13.1. The van der Waals surface area contributed by atoms with Gasteiger partial charge in [-0.1, -0.05) is 33.1 Å². The van der Waals surface area contributed by atoms with Gasteiger partial charge in [0.15, 0.2) is 5.82 Å². The van der Waals surface area contributed by atoms with Gasteiger partial charge in [0, 0.05) is 17.6 Å². The van der Waals surface area contributed by atoms with E-state index in [1.807, 2.05) is 24.3 Å². The number of pyridine rings is 1. The molecule has 3 heterocycles. The molecule has 8 nitrogen and oxygen atoms in total. The molecule has 1 saturated carbocycles. The van der Waals surface area contributed by atoms with Crippen molar-refractivity contribution in [3.63, 3.8) is 0 Å². The first kappa shape index (κ1) is 24.4. The van der Waals surface area contributed by atoms with Crippen LogP contribution >= 0.6 is 0 Å². The molecule has 5 rings (SSSR count). The maximum absolute atomic E-state index is 13.2. The van der Waals surface area contributed by atoms with Crippen LogP contribution in [0, 0.1) is 19.8 Å². The molecule has 190 valence electrons. The second-order valence-electron chi connectivity index (χ2n) is 10.6. The van der Waals surface area contributed by atoms with Gasteiger partial charge in [0.25, 0.3) is 5.56 Å². The molecule has 36 heavy (non-hydrogen) atoms. The number of aromatic amines is 1. The molecule has 4 aromatic rings. The summed E-state index contributed by atoms with van der Waals surface area (Å²) < 4.78 is 7.79. The second kappa shape index (κ2) is 10.4. The third-order valence-electron chi connectivity index (χ3n) is 7.58. The predicted molar refractivity (Wildman–Crippen MR) is 140 cm³/mol. The highest BCUT2D eigenvalue weighted by molar-refractivity contribution is 5.80. The minimum atomic E-state index is -0.0816. The Morgan fingerprint density at radius 1 is 1.11 bits per heavy atom. The number of furan rings is 1. The largest absolute Gasteiger partial charge is 0.468 e. The van der Waals surface area contributed by atoms with Crippen LogP contribution in [0.25, 0.3) is 10.9 Å². The molecule has 1 aliphatic carbocycles. The van der Waals surface area contributed by atoms with E-state index in [1.165, 1.54) is 30.4 Å². The summed E-state index contributed by atoms with van der Waals surface area (Å²) in [6.45, 7) is 9.56. The molecular weight excluding hydrogens is 452 g/mol. The van der Waals surface area contributed by atoms with E-state index < -0.39 is 0 Å². The van der Waals surface area contributed by atoms with E-state index in [9.17, 15) is 4.79 Å². The topological polar surface area (TPSA) is 92.8 Å². The molecule has 0 aliphatic heterocycles. The summed E-state index contributed by atoms with van der Waals surface area (Å²) in [7, 11) is 0. The first-order valence-corrected chi connectivity index (χ1v) is 13.1. The fraction of sp³-hybridized carbons (Fsp3) is 0.500. The van der Waals surface area contributed by atoms with Crippen LogP contribution in [-0.4, -0.2) is 30.1 Å². The Kier molecular flexibility index (Phi) is 7.05. The summed E-state index contributed by atoms with van der Waals surface area (Å²) in [5.74, 6) is 1.94. The number of tetrazole rings is 1. The SMILES string of the molecule is Cc1cc2cc(CN(Cc3ccco3)[C@H](c3nnnn3C3CCCCC3)C(C)C)c(=O)[nH]c2cc1C. The van der Waals surface area contributed by atoms with Gasteiger partial charge in [0.05, 0.1) is 24.9 Å². The number of aryl methyl sites for hydroxylation is 2. The standard InChI is InChI=1S/C28H36N6O2/c1-18(2)26(27-30-31-32-34(27)23-9-6-5-7-10-23)33(17-24-11-8-12-36-24)16-22-15-21-13-19(3)20(4)14-25(21)29-28(22)35/h8,11-15,18,23,26H,5-7,9-10,16-17H2,1-4H3,(H,29,35)/t26-/m0/s1. The predicted octanol–water partition coefficient (Wildman–Crippen LogP) is 5.63. The third kappa shape index (κ3) is 5.00. The molecule has 8 heteroatoms. The van der Waals surface area contributed by atoms with Crippen molar-refractivity contribution in [2.75, 3.05) is 0 Å². The van der Waals surface area contributed by atoms with Crippen molar-refractivity contribution >= 4 is 10.9 Å². The fourth-order valence-corrected chi connectivity index (χ4v) is 5.58. The summed E-state index contributed by atoms with van der Waals surface area (Å²) >= 11 is 0. The van der Waals surface area contributed by atoms with Crippen molar-refractivity contribution in [1.82, 2.24) is 30.1 Å². The number of fused-ring (bicyclic) bond motifs is 1. The summed E-state index contributed by atoms with van der Waals surface area (Å²) in [6.07, 6.45) is 7.58. The van der Waals surface area contributed by atoms with E-state index in [2.05, 4.69) is 63.9 Å². The monoisotopic (exact) mass is 488 g/mol. The maximum Gasteiger partial charge on any atom is 0.252 e.